The summed E-state index contributed by atoms with van der Waals surface area (Å²) in [5, 5.41) is 13.5. The Kier molecular flexibility index (Phi) is 2.81. The molecular weight excluding hydrogens is 244 g/mol. The fourth-order valence-electron chi connectivity index (χ4n) is 1.56. The number of carbonyl (C=O) groups is 1. The fraction of sp³-hybridized carbons (Fsp3) is 0.200. The maximum atomic E-state index is 11.0. The zero-order valence-electron chi connectivity index (χ0n) is 9.18. The Balaban J connectivity index is 2.57. The van der Waals surface area contributed by atoms with Crippen molar-refractivity contribution in [2.45, 2.75) is 13.8 Å². The third-order valence-corrected chi connectivity index (χ3v) is 2.50. The van der Waals surface area contributed by atoms with E-state index in [0.29, 0.717) is 22.4 Å². The highest BCUT2D eigenvalue weighted by Crippen LogP contribution is 2.16. The first-order chi connectivity index (χ1) is 8.00. The maximum Gasteiger partial charge on any atom is 0.339 e. The van der Waals surface area contributed by atoms with Gasteiger partial charge in [0.05, 0.1) is 28.8 Å². The minimum atomic E-state index is -1.01. The smallest absolute Gasteiger partial charge is 0.339 e. The average Bonchev–Trinajstić information content (AvgIpc) is 2.55. The van der Waals surface area contributed by atoms with E-state index in [9.17, 15) is 4.79 Å². The van der Waals surface area contributed by atoms with Crippen molar-refractivity contribution < 1.29 is 9.90 Å². The Morgan fingerprint density at radius 3 is 2.41 bits per heavy atom. The van der Waals surface area contributed by atoms with Crippen LogP contribution in [0.5, 0.6) is 0 Å². The van der Waals surface area contributed by atoms with Gasteiger partial charge in [-0.1, -0.05) is 11.6 Å². The van der Waals surface area contributed by atoms with E-state index in [2.05, 4.69) is 15.1 Å². The van der Waals surface area contributed by atoms with E-state index < -0.39 is 5.97 Å². The molecule has 0 aliphatic carbocycles. The summed E-state index contributed by atoms with van der Waals surface area (Å²) in [5.41, 5.74) is 1.08. The number of aryl methyl sites for hydroxylation is 1. The Labute approximate surface area is 102 Å². The lowest BCUT2D eigenvalue weighted by Crippen LogP contribution is -2.05. The van der Waals surface area contributed by atoms with E-state index in [1.165, 1.54) is 17.1 Å². The zero-order valence-corrected chi connectivity index (χ0v) is 9.93. The van der Waals surface area contributed by atoms with Crippen LogP contribution in [0, 0.1) is 13.8 Å². The van der Waals surface area contributed by atoms with Crippen LogP contribution in [0.2, 0.25) is 5.02 Å². The predicted octanol–water partition coefficient (Wildman–Crippen LogP) is 1.63. The second-order valence-corrected chi connectivity index (χ2v) is 3.90. The van der Waals surface area contributed by atoms with E-state index in [4.69, 9.17) is 16.7 Å². The third-order valence-electron chi connectivity index (χ3n) is 2.30. The molecule has 0 aliphatic rings. The highest BCUT2D eigenvalue weighted by molar-refractivity contribution is 6.30. The summed E-state index contributed by atoms with van der Waals surface area (Å²) in [6.45, 7) is 3.28. The monoisotopic (exact) mass is 252 g/mol. The first-order valence-electron chi connectivity index (χ1n) is 4.78. The van der Waals surface area contributed by atoms with Gasteiger partial charge in [0.1, 0.15) is 5.56 Å². The van der Waals surface area contributed by atoms with Gasteiger partial charge < -0.3 is 5.11 Å². The van der Waals surface area contributed by atoms with Gasteiger partial charge in [-0.2, -0.15) is 5.10 Å². The summed E-state index contributed by atoms with van der Waals surface area (Å²) in [6, 6.07) is 0. The van der Waals surface area contributed by atoms with Crippen LogP contribution in [0.1, 0.15) is 21.7 Å². The third kappa shape index (κ3) is 1.99. The number of aromatic nitrogens is 4. The topological polar surface area (TPSA) is 80.9 Å². The van der Waals surface area contributed by atoms with Crippen molar-refractivity contribution in [1.29, 1.82) is 0 Å². The van der Waals surface area contributed by atoms with E-state index in [1.807, 2.05) is 0 Å². The highest BCUT2D eigenvalue weighted by atomic mass is 35.5. The van der Waals surface area contributed by atoms with Gasteiger partial charge in [-0.25, -0.2) is 19.4 Å². The van der Waals surface area contributed by atoms with Crippen LogP contribution in [-0.4, -0.2) is 30.8 Å². The largest absolute Gasteiger partial charge is 0.478 e. The van der Waals surface area contributed by atoms with Gasteiger partial charge in [0.15, 0.2) is 0 Å². The van der Waals surface area contributed by atoms with Crippen LogP contribution < -0.4 is 0 Å². The number of carboxylic acids is 1. The number of hydrogen-bond acceptors (Lipinski definition) is 4. The summed E-state index contributed by atoms with van der Waals surface area (Å²) >= 11 is 5.68. The Morgan fingerprint density at radius 1 is 1.35 bits per heavy atom. The minimum absolute atomic E-state index is 0.170. The first-order valence-corrected chi connectivity index (χ1v) is 5.16. The van der Waals surface area contributed by atoms with Crippen LogP contribution in [0.3, 0.4) is 0 Å². The lowest BCUT2D eigenvalue weighted by atomic mass is 10.2. The molecule has 2 aromatic rings. The highest BCUT2D eigenvalue weighted by Gasteiger charge is 2.19. The molecule has 0 radical (unpaired) electrons. The van der Waals surface area contributed by atoms with Crippen LogP contribution >= 0.6 is 11.6 Å². The molecule has 0 saturated carbocycles. The van der Waals surface area contributed by atoms with Gasteiger partial charge in [-0.05, 0) is 13.8 Å². The van der Waals surface area contributed by atoms with Gasteiger partial charge in [-0.15, -0.1) is 0 Å². The Hall–Kier alpha value is -1.95. The van der Waals surface area contributed by atoms with Gasteiger partial charge >= 0.3 is 5.97 Å². The standard InChI is InChI=1S/C10H9ClN4O2/c1-5-8(9(16)17)6(2)15(14-5)10-12-3-7(11)4-13-10/h3-4H,1-2H3,(H,16,17). The first kappa shape index (κ1) is 11.5. The fourth-order valence-corrected chi connectivity index (χ4v) is 1.66. The van der Waals surface area contributed by atoms with Crippen molar-refractivity contribution >= 4 is 17.6 Å². The van der Waals surface area contributed by atoms with Crippen molar-refractivity contribution in [3.63, 3.8) is 0 Å². The summed E-state index contributed by atoms with van der Waals surface area (Å²) in [4.78, 5) is 19.0. The summed E-state index contributed by atoms with van der Waals surface area (Å²) in [5.74, 6) is -0.720. The molecular formula is C10H9ClN4O2. The normalized spacial score (nSPS) is 10.5. The molecule has 0 fully saturated rings. The number of halogens is 1. The van der Waals surface area contributed by atoms with Crippen molar-refractivity contribution in [2.24, 2.45) is 0 Å². The van der Waals surface area contributed by atoms with E-state index in [0.717, 1.165) is 0 Å². The summed E-state index contributed by atoms with van der Waals surface area (Å²) in [6.07, 6.45) is 2.86. The van der Waals surface area contributed by atoms with Crippen LogP contribution in [0.4, 0.5) is 0 Å². The predicted molar refractivity (Wildman–Crippen MR) is 60.6 cm³/mol. The molecule has 88 valence electrons. The van der Waals surface area contributed by atoms with Crippen LogP contribution in [0.15, 0.2) is 12.4 Å². The molecule has 0 unspecified atom stereocenters. The maximum absolute atomic E-state index is 11.0. The zero-order chi connectivity index (χ0) is 12.6. The number of hydrogen-bond donors (Lipinski definition) is 1. The molecule has 0 spiro atoms. The molecule has 0 saturated heterocycles. The Bertz CT molecular complexity index is 577. The number of carboxylic acid groups (broad SMARTS) is 1. The van der Waals surface area contributed by atoms with E-state index >= 15 is 0 Å². The minimum Gasteiger partial charge on any atom is -0.478 e. The molecule has 1 N–H and O–H groups in total. The molecule has 0 aliphatic heterocycles. The van der Waals surface area contributed by atoms with Crippen molar-refractivity contribution in [3.8, 4) is 5.95 Å². The second kappa shape index (κ2) is 4.14. The van der Waals surface area contributed by atoms with Gasteiger partial charge in [-0.3, -0.25) is 0 Å². The van der Waals surface area contributed by atoms with Crippen molar-refractivity contribution in [2.75, 3.05) is 0 Å². The average molecular weight is 253 g/mol. The molecule has 0 atom stereocenters. The molecule has 7 heteroatoms. The second-order valence-electron chi connectivity index (χ2n) is 3.46. The van der Waals surface area contributed by atoms with Gasteiger partial charge in [0, 0.05) is 0 Å². The number of aromatic carboxylic acids is 1. The number of nitrogens with zero attached hydrogens (tertiary/aromatic N) is 4. The van der Waals surface area contributed by atoms with E-state index in [-0.39, 0.29) is 5.56 Å². The molecule has 6 nitrogen and oxygen atoms in total. The number of rotatable bonds is 2. The lowest BCUT2D eigenvalue weighted by molar-refractivity contribution is 0.0695. The van der Waals surface area contributed by atoms with Crippen molar-refractivity contribution in [1.82, 2.24) is 19.7 Å². The lowest BCUT2D eigenvalue weighted by Gasteiger charge is -2.01. The van der Waals surface area contributed by atoms with E-state index in [1.54, 1.807) is 13.8 Å². The molecule has 17 heavy (non-hydrogen) atoms. The van der Waals surface area contributed by atoms with Gasteiger partial charge in [0.2, 0.25) is 0 Å². The van der Waals surface area contributed by atoms with Gasteiger partial charge in [0.25, 0.3) is 5.95 Å². The molecule has 0 aromatic carbocycles. The SMILES string of the molecule is Cc1nn(-c2ncc(Cl)cn2)c(C)c1C(=O)O. The molecule has 0 amide bonds. The molecule has 2 rings (SSSR count). The van der Waals surface area contributed by atoms with Crippen LogP contribution in [0.25, 0.3) is 5.95 Å². The van der Waals surface area contributed by atoms with Crippen molar-refractivity contribution in [3.05, 3.63) is 34.4 Å². The molecule has 2 aromatic heterocycles. The molecule has 2 heterocycles. The Morgan fingerprint density at radius 2 is 1.94 bits per heavy atom. The molecule has 0 bridgehead atoms. The summed E-state index contributed by atoms with van der Waals surface area (Å²) in [7, 11) is 0. The quantitative estimate of drug-likeness (QED) is 0.879. The summed E-state index contributed by atoms with van der Waals surface area (Å²) < 4.78 is 1.38. The van der Waals surface area contributed by atoms with Crippen LogP contribution in [-0.2, 0) is 0 Å².